The number of nitrogens with one attached hydrogen (secondary N) is 1. The summed E-state index contributed by atoms with van der Waals surface area (Å²) in [5.41, 5.74) is 12.3. The normalized spacial score (nSPS) is 12.1. The molecule has 6 nitrogen and oxygen atoms in total. The first-order valence-electron chi connectivity index (χ1n) is 4.51. The number of hydroxylamine groups is 1. The van der Waals surface area contributed by atoms with Crippen LogP contribution in [0.25, 0.3) is 0 Å². The molecule has 1 unspecified atom stereocenters. The van der Waals surface area contributed by atoms with Gasteiger partial charge >= 0.3 is 0 Å². The Morgan fingerprint density at radius 3 is 2.57 bits per heavy atom. The molecule has 82 valence electrons. The summed E-state index contributed by atoms with van der Waals surface area (Å²) >= 11 is 0. The maximum atomic E-state index is 11.3. The van der Waals surface area contributed by atoms with E-state index in [0.717, 1.165) is 6.42 Å². The first-order valence-corrected chi connectivity index (χ1v) is 4.51. The van der Waals surface area contributed by atoms with Crippen molar-refractivity contribution in [1.82, 2.24) is 5.48 Å². The van der Waals surface area contributed by atoms with E-state index in [1.807, 2.05) is 6.92 Å². The number of primary amides is 1. The molecule has 6 heteroatoms. The summed E-state index contributed by atoms with van der Waals surface area (Å²) in [6.45, 7) is 1.90. The van der Waals surface area contributed by atoms with E-state index in [2.05, 4.69) is 10.3 Å². The van der Waals surface area contributed by atoms with Crippen LogP contribution in [0.1, 0.15) is 19.8 Å². The minimum Gasteiger partial charge on any atom is -0.368 e. The molecule has 0 spiro atoms. The van der Waals surface area contributed by atoms with Gasteiger partial charge in [0.1, 0.15) is 0 Å². The Hall–Kier alpha value is -1.14. The second-order valence-corrected chi connectivity index (χ2v) is 2.94. The van der Waals surface area contributed by atoms with Gasteiger partial charge in [-0.2, -0.15) is 0 Å². The highest BCUT2D eigenvalue weighted by Gasteiger charge is 2.15. The molecule has 0 bridgehead atoms. The maximum absolute atomic E-state index is 11.3. The number of carbonyl (C=O) groups is 2. The number of carbonyl (C=O) groups excluding carboxylic acids is 2. The fourth-order valence-electron chi connectivity index (χ4n) is 0.966. The maximum Gasteiger partial charge on any atom is 0.247 e. The minimum atomic E-state index is -0.634. The molecule has 5 N–H and O–H groups in total. The molecule has 0 aliphatic heterocycles. The SMILES string of the molecule is CCCC(CN)C(=O)NOCC(N)=O. The van der Waals surface area contributed by atoms with Gasteiger partial charge in [0, 0.05) is 6.54 Å². The lowest BCUT2D eigenvalue weighted by molar-refractivity contribution is -0.141. The van der Waals surface area contributed by atoms with Crippen LogP contribution in [0.5, 0.6) is 0 Å². The largest absolute Gasteiger partial charge is 0.368 e. The molecule has 0 aromatic rings. The van der Waals surface area contributed by atoms with Gasteiger partial charge < -0.3 is 11.5 Å². The molecule has 0 aliphatic rings. The van der Waals surface area contributed by atoms with E-state index in [9.17, 15) is 9.59 Å². The first-order chi connectivity index (χ1) is 6.61. The molecular weight excluding hydrogens is 186 g/mol. The van der Waals surface area contributed by atoms with Crippen molar-refractivity contribution in [3.05, 3.63) is 0 Å². The fourth-order valence-corrected chi connectivity index (χ4v) is 0.966. The quantitative estimate of drug-likeness (QED) is 0.456. The van der Waals surface area contributed by atoms with Crippen LogP contribution in [0, 0.1) is 5.92 Å². The lowest BCUT2D eigenvalue weighted by Gasteiger charge is -2.12. The van der Waals surface area contributed by atoms with Crippen LogP contribution < -0.4 is 16.9 Å². The Bertz CT molecular complexity index is 196. The average molecular weight is 203 g/mol. The van der Waals surface area contributed by atoms with Gasteiger partial charge in [0.2, 0.25) is 11.8 Å². The van der Waals surface area contributed by atoms with E-state index >= 15 is 0 Å². The van der Waals surface area contributed by atoms with Crippen LogP contribution in [-0.2, 0) is 14.4 Å². The minimum absolute atomic E-state index is 0.263. The number of hydrogen-bond acceptors (Lipinski definition) is 4. The highest BCUT2D eigenvalue weighted by Crippen LogP contribution is 2.03. The van der Waals surface area contributed by atoms with Gasteiger partial charge in [0.05, 0.1) is 5.92 Å². The first kappa shape index (κ1) is 12.9. The summed E-state index contributed by atoms with van der Waals surface area (Å²) in [4.78, 5) is 26.1. The number of nitrogens with two attached hydrogens (primary N) is 2. The lowest BCUT2D eigenvalue weighted by Crippen LogP contribution is -2.36. The van der Waals surface area contributed by atoms with Crippen molar-refractivity contribution >= 4 is 11.8 Å². The highest BCUT2D eigenvalue weighted by atomic mass is 16.7. The molecule has 0 heterocycles. The third kappa shape index (κ3) is 5.50. The zero-order chi connectivity index (χ0) is 11.0. The van der Waals surface area contributed by atoms with E-state index in [4.69, 9.17) is 11.5 Å². The molecule has 0 saturated heterocycles. The smallest absolute Gasteiger partial charge is 0.247 e. The molecule has 1 atom stereocenters. The summed E-state index contributed by atoms with van der Waals surface area (Å²) in [5, 5.41) is 0. The van der Waals surface area contributed by atoms with Crippen LogP contribution in [0.3, 0.4) is 0 Å². The fraction of sp³-hybridized carbons (Fsp3) is 0.750. The zero-order valence-corrected chi connectivity index (χ0v) is 8.29. The van der Waals surface area contributed by atoms with E-state index in [0.29, 0.717) is 6.42 Å². The van der Waals surface area contributed by atoms with Crippen molar-refractivity contribution < 1.29 is 14.4 Å². The molecule has 0 aromatic heterocycles. The third-order valence-electron chi connectivity index (χ3n) is 1.68. The van der Waals surface area contributed by atoms with Gasteiger partial charge in [-0.05, 0) is 6.42 Å². The summed E-state index contributed by atoms with van der Waals surface area (Å²) in [7, 11) is 0. The van der Waals surface area contributed by atoms with Crippen LogP contribution >= 0.6 is 0 Å². The Labute approximate surface area is 82.9 Å². The Morgan fingerprint density at radius 2 is 2.14 bits per heavy atom. The van der Waals surface area contributed by atoms with Gasteiger partial charge in [-0.1, -0.05) is 13.3 Å². The van der Waals surface area contributed by atoms with Crippen molar-refractivity contribution in [2.75, 3.05) is 13.2 Å². The van der Waals surface area contributed by atoms with E-state index in [-0.39, 0.29) is 25.0 Å². The van der Waals surface area contributed by atoms with E-state index in [1.54, 1.807) is 0 Å². The Kier molecular flexibility index (Phi) is 6.69. The predicted octanol–water partition coefficient (Wildman–Crippen LogP) is -1.11. The van der Waals surface area contributed by atoms with Crippen molar-refractivity contribution in [3.63, 3.8) is 0 Å². The second kappa shape index (κ2) is 7.28. The Balaban J connectivity index is 3.74. The van der Waals surface area contributed by atoms with Gasteiger partial charge in [-0.15, -0.1) is 0 Å². The molecular formula is C8H17N3O3. The topological polar surface area (TPSA) is 107 Å². The molecule has 0 aromatic carbocycles. The molecule has 0 fully saturated rings. The van der Waals surface area contributed by atoms with Crippen LogP contribution in [0.4, 0.5) is 0 Å². The van der Waals surface area contributed by atoms with Crippen molar-refractivity contribution in [1.29, 1.82) is 0 Å². The van der Waals surface area contributed by atoms with Crippen LogP contribution in [-0.4, -0.2) is 25.0 Å². The van der Waals surface area contributed by atoms with Crippen molar-refractivity contribution in [2.45, 2.75) is 19.8 Å². The molecule has 0 rings (SSSR count). The van der Waals surface area contributed by atoms with Crippen LogP contribution in [0.2, 0.25) is 0 Å². The van der Waals surface area contributed by atoms with Gasteiger partial charge in [-0.3, -0.25) is 14.4 Å². The molecule has 2 amide bonds. The third-order valence-corrected chi connectivity index (χ3v) is 1.68. The molecule has 0 aliphatic carbocycles. The number of amides is 2. The van der Waals surface area contributed by atoms with Crippen molar-refractivity contribution in [3.8, 4) is 0 Å². The predicted molar refractivity (Wildman–Crippen MR) is 50.7 cm³/mol. The van der Waals surface area contributed by atoms with E-state index in [1.165, 1.54) is 0 Å². The summed E-state index contributed by atoms with van der Waals surface area (Å²) in [6.07, 6.45) is 1.56. The van der Waals surface area contributed by atoms with E-state index < -0.39 is 5.91 Å². The van der Waals surface area contributed by atoms with Gasteiger partial charge in [0.15, 0.2) is 6.61 Å². The van der Waals surface area contributed by atoms with Gasteiger partial charge in [-0.25, -0.2) is 5.48 Å². The van der Waals surface area contributed by atoms with Crippen LogP contribution in [0.15, 0.2) is 0 Å². The standard InChI is InChI=1S/C8H17N3O3/c1-2-3-6(4-9)8(13)11-14-5-7(10)12/h6H,2-5,9H2,1H3,(H2,10,12)(H,11,13). The summed E-state index contributed by atoms with van der Waals surface area (Å²) < 4.78 is 0. The monoisotopic (exact) mass is 203 g/mol. The average Bonchev–Trinajstić information content (AvgIpc) is 2.13. The lowest BCUT2D eigenvalue weighted by atomic mass is 10.0. The highest BCUT2D eigenvalue weighted by molar-refractivity contribution is 5.78. The summed E-state index contributed by atoms with van der Waals surface area (Å²) in [5.74, 6) is -1.21. The number of hydrogen-bond donors (Lipinski definition) is 3. The van der Waals surface area contributed by atoms with Crippen molar-refractivity contribution in [2.24, 2.45) is 17.4 Å². The zero-order valence-electron chi connectivity index (χ0n) is 8.29. The Morgan fingerprint density at radius 1 is 1.50 bits per heavy atom. The number of rotatable bonds is 7. The second-order valence-electron chi connectivity index (χ2n) is 2.94. The molecule has 0 saturated carbocycles. The summed E-state index contributed by atoms with van der Waals surface area (Å²) in [6, 6.07) is 0. The molecule has 0 radical (unpaired) electrons. The molecule has 14 heavy (non-hydrogen) atoms. The van der Waals surface area contributed by atoms with Gasteiger partial charge in [0.25, 0.3) is 0 Å².